The number of non-ortho nitro benzene ring substituents is 1. The zero-order chi connectivity index (χ0) is 20.3. The largest absolute Gasteiger partial charge is 0.488 e. The number of carbonyl (C=O) groups excluding carboxylic acids is 2. The summed E-state index contributed by atoms with van der Waals surface area (Å²) in [7, 11) is 0. The van der Waals surface area contributed by atoms with Crippen molar-refractivity contribution >= 4 is 56.9 Å². The summed E-state index contributed by atoms with van der Waals surface area (Å²) < 4.78 is 10.8. The Morgan fingerprint density at radius 1 is 1.29 bits per heavy atom. The molecule has 0 bridgehead atoms. The summed E-state index contributed by atoms with van der Waals surface area (Å²) in [4.78, 5) is 34.3. The molecule has 2 aromatic carbocycles. The quantitative estimate of drug-likeness (QED) is 0.405. The van der Waals surface area contributed by atoms with Crippen LogP contribution >= 0.6 is 27.5 Å². The highest BCUT2D eigenvalue weighted by atomic mass is 79.9. The second-order valence-corrected chi connectivity index (χ2v) is 6.98. The molecule has 10 heteroatoms. The van der Waals surface area contributed by atoms with Crippen LogP contribution in [0.5, 0.6) is 5.75 Å². The number of esters is 1. The van der Waals surface area contributed by atoms with E-state index in [4.69, 9.17) is 21.1 Å². The molecule has 144 valence electrons. The van der Waals surface area contributed by atoms with Crippen LogP contribution in [0, 0.1) is 10.1 Å². The van der Waals surface area contributed by atoms with Crippen molar-refractivity contribution in [1.82, 2.24) is 0 Å². The summed E-state index contributed by atoms with van der Waals surface area (Å²) in [5.41, 5.74) is 1.08. The fourth-order valence-electron chi connectivity index (χ4n) is 2.40. The lowest BCUT2D eigenvalue weighted by Gasteiger charge is -2.17. The molecule has 0 spiro atoms. The summed E-state index contributed by atoms with van der Waals surface area (Å²) in [6.45, 7) is -0.509. The Labute approximate surface area is 172 Å². The SMILES string of the molecule is O=C(COC(=O)C1=Cc2cc(Cl)ccc2OC1)Nc1ccc([N+](=O)[O-])cc1Br. The predicted octanol–water partition coefficient (Wildman–Crippen LogP) is 3.97. The van der Waals surface area contributed by atoms with E-state index in [0.29, 0.717) is 26.5 Å². The molecule has 0 saturated carbocycles. The Bertz CT molecular complexity index is 1010. The maximum absolute atomic E-state index is 12.2. The van der Waals surface area contributed by atoms with Crippen LogP contribution in [0.4, 0.5) is 11.4 Å². The van der Waals surface area contributed by atoms with E-state index in [1.807, 2.05) is 0 Å². The molecule has 1 heterocycles. The molecule has 1 aliphatic heterocycles. The second kappa shape index (κ2) is 8.41. The third kappa shape index (κ3) is 4.68. The number of benzene rings is 2. The maximum Gasteiger partial charge on any atom is 0.338 e. The summed E-state index contributed by atoms with van der Waals surface area (Å²) >= 11 is 9.07. The van der Waals surface area contributed by atoms with Crippen LogP contribution in [0.1, 0.15) is 5.56 Å². The smallest absolute Gasteiger partial charge is 0.338 e. The monoisotopic (exact) mass is 466 g/mol. The van der Waals surface area contributed by atoms with Gasteiger partial charge in [0.15, 0.2) is 6.61 Å². The average molecular weight is 468 g/mol. The molecule has 3 rings (SSSR count). The van der Waals surface area contributed by atoms with Crippen molar-refractivity contribution in [2.45, 2.75) is 0 Å². The highest BCUT2D eigenvalue weighted by molar-refractivity contribution is 9.10. The molecule has 1 amide bonds. The van der Waals surface area contributed by atoms with Crippen LogP contribution in [-0.4, -0.2) is 30.0 Å². The Kier molecular flexibility index (Phi) is 5.96. The second-order valence-electron chi connectivity index (χ2n) is 5.69. The van der Waals surface area contributed by atoms with Gasteiger partial charge in [0, 0.05) is 27.2 Å². The molecule has 2 aromatic rings. The Balaban J connectivity index is 1.59. The summed E-state index contributed by atoms with van der Waals surface area (Å²) in [5, 5.41) is 13.7. The number of carbonyl (C=O) groups is 2. The zero-order valence-electron chi connectivity index (χ0n) is 14.1. The zero-order valence-corrected chi connectivity index (χ0v) is 16.5. The first-order valence-corrected chi connectivity index (χ1v) is 9.04. The summed E-state index contributed by atoms with van der Waals surface area (Å²) in [6.07, 6.45) is 1.60. The molecule has 28 heavy (non-hydrogen) atoms. The lowest BCUT2D eigenvalue weighted by Crippen LogP contribution is -2.24. The van der Waals surface area contributed by atoms with Gasteiger partial charge in [0.2, 0.25) is 0 Å². The Hall–Kier alpha value is -2.91. The van der Waals surface area contributed by atoms with E-state index in [0.717, 1.165) is 0 Å². The van der Waals surface area contributed by atoms with Crippen molar-refractivity contribution < 1.29 is 24.0 Å². The number of nitrogens with one attached hydrogen (secondary N) is 1. The molecule has 0 saturated heterocycles. The number of nitrogens with zero attached hydrogens (tertiary/aromatic N) is 1. The number of halogens is 2. The van der Waals surface area contributed by atoms with E-state index in [9.17, 15) is 19.7 Å². The molecular weight excluding hydrogens is 456 g/mol. The summed E-state index contributed by atoms with van der Waals surface area (Å²) in [6, 6.07) is 8.92. The van der Waals surface area contributed by atoms with Crippen molar-refractivity contribution in [2.75, 3.05) is 18.5 Å². The number of rotatable bonds is 5. The fraction of sp³-hybridized carbons (Fsp3) is 0.111. The third-order valence-electron chi connectivity index (χ3n) is 3.72. The van der Waals surface area contributed by atoms with Crippen LogP contribution in [-0.2, 0) is 14.3 Å². The molecule has 0 radical (unpaired) electrons. The molecule has 0 aromatic heterocycles. The summed E-state index contributed by atoms with van der Waals surface area (Å²) in [5.74, 6) is -0.686. The van der Waals surface area contributed by atoms with Gasteiger partial charge >= 0.3 is 5.97 Å². The molecule has 8 nitrogen and oxygen atoms in total. The van der Waals surface area contributed by atoms with Crippen LogP contribution in [0.2, 0.25) is 5.02 Å². The molecule has 1 N–H and O–H groups in total. The average Bonchev–Trinajstić information content (AvgIpc) is 2.66. The first kappa shape index (κ1) is 19.8. The number of fused-ring (bicyclic) bond motifs is 1. The van der Waals surface area contributed by atoms with Gasteiger partial charge in [0.05, 0.1) is 16.2 Å². The van der Waals surface area contributed by atoms with Gasteiger partial charge in [-0.05, 0) is 46.3 Å². The Morgan fingerprint density at radius 3 is 2.79 bits per heavy atom. The van der Waals surface area contributed by atoms with Crippen LogP contribution in [0.3, 0.4) is 0 Å². The third-order valence-corrected chi connectivity index (χ3v) is 4.61. The lowest BCUT2D eigenvalue weighted by molar-refractivity contribution is -0.384. The lowest BCUT2D eigenvalue weighted by atomic mass is 10.1. The van der Waals surface area contributed by atoms with E-state index in [1.165, 1.54) is 18.2 Å². The number of ether oxygens (including phenoxy) is 2. The van der Waals surface area contributed by atoms with E-state index in [2.05, 4.69) is 21.2 Å². The number of nitro benzene ring substituents is 1. The first-order chi connectivity index (χ1) is 13.3. The van der Waals surface area contributed by atoms with Gasteiger partial charge in [0.1, 0.15) is 12.4 Å². The van der Waals surface area contributed by atoms with Gasteiger partial charge in [-0.1, -0.05) is 11.6 Å². The van der Waals surface area contributed by atoms with Gasteiger partial charge < -0.3 is 14.8 Å². The first-order valence-electron chi connectivity index (χ1n) is 7.87. The van der Waals surface area contributed by atoms with E-state index < -0.39 is 23.4 Å². The van der Waals surface area contributed by atoms with Crippen LogP contribution < -0.4 is 10.1 Å². The number of hydrogen-bond donors (Lipinski definition) is 1. The standard InChI is InChI=1S/C18H12BrClN2O6/c19-14-7-13(22(25)26)2-3-15(14)21-17(23)9-28-18(24)11-5-10-6-12(20)1-4-16(10)27-8-11/h1-7H,8-9H2,(H,21,23). The normalized spacial score (nSPS) is 12.3. The van der Waals surface area contributed by atoms with Crippen molar-refractivity contribution in [1.29, 1.82) is 0 Å². The van der Waals surface area contributed by atoms with Crippen LogP contribution in [0.15, 0.2) is 46.4 Å². The van der Waals surface area contributed by atoms with Crippen molar-refractivity contribution in [3.05, 3.63) is 67.1 Å². The minimum Gasteiger partial charge on any atom is -0.488 e. The fourth-order valence-corrected chi connectivity index (χ4v) is 3.04. The van der Waals surface area contributed by atoms with Gasteiger partial charge in [0.25, 0.3) is 11.6 Å². The minimum absolute atomic E-state index is 0.0169. The molecule has 1 aliphatic rings. The van der Waals surface area contributed by atoms with Gasteiger partial charge in [-0.25, -0.2) is 4.79 Å². The van der Waals surface area contributed by atoms with Gasteiger partial charge in [-0.2, -0.15) is 0 Å². The molecule has 0 atom stereocenters. The molecule has 0 unspecified atom stereocenters. The molecule has 0 aliphatic carbocycles. The topological polar surface area (TPSA) is 108 Å². The number of amides is 1. The van der Waals surface area contributed by atoms with Crippen molar-refractivity contribution in [3.63, 3.8) is 0 Å². The van der Waals surface area contributed by atoms with E-state index >= 15 is 0 Å². The highest BCUT2D eigenvalue weighted by Crippen LogP contribution is 2.29. The number of anilines is 1. The predicted molar refractivity (Wildman–Crippen MR) is 105 cm³/mol. The molecular formula is C18H12BrClN2O6. The highest BCUT2D eigenvalue weighted by Gasteiger charge is 2.20. The van der Waals surface area contributed by atoms with E-state index in [1.54, 1.807) is 24.3 Å². The van der Waals surface area contributed by atoms with Gasteiger partial charge in [-0.3, -0.25) is 14.9 Å². The van der Waals surface area contributed by atoms with Crippen molar-refractivity contribution in [2.24, 2.45) is 0 Å². The Morgan fingerprint density at radius 2 is 2.07 bits per heavy atom. The van der Waals surface area contributed by atoms with Crippen LogP contribution in [0.25, 0.3) is 6.08 Å². The van der Waals surface area contributed by atoms with Gasteiger partial charge in [-0.15, -0.1) is 0 Å². The molecule has 0 fully saturated rings. The minimum atomic E-state index is -0.691. The van der Waals surface area contributed by atoms with E-state index in [-0.39, 0.29) is 17.9 Å². The number of hydrogen-bond acceptors (Lipinski definition) is 6. The van der Waals surface area contributed by atoms with Crippen molar-refractivity contribution in [3.8, 4) is 5.75 Å². The maximum atomic E-state index is 12.2. The number of nitro groups is 1.